The van der Waals surface area contributed by atoms with E-state index >= 15 is 0 Å². The minimum absolute atomic E-state index is 0.607. The normalized spacial score (nSPS) is 20.1. The van der Waals surface area contributed by atoms with Crippen LogP contribution in [-0.2, 0) is 0 Å². The Balaban J connectivity index is 0.000000606. The summed E-state index contributed by atoms with van der Waals surface area (Å²) in [6, 6.07) is 10.6. The van der Waals surface area contributed by atoms with E-state index in [2.05, 4.69) is 11.9 Å². The Bertz CT molecular complexity index is 273. The second kappa shape index (κ2) is 7.29. The van der Waals surface area contributed by atoms with Crippen LogP contribution in [-0.4, -0.2) is 31.1 Å². The van der Waals surface area contributed by atoms with Gasteiger partial charge in [0.25, 0.3) is 0 Å². The van der Waals surface area contributed by atoms with Gasteiger partial charge in [0.1, 0.15) is 12.4 Å². The van der Waals surface area contributed by atoms with Crippen molar-refractivity contribution in [3.8, 4) is 5.75 Å². The number of likely N-dealkylation sites (N-methyl/N-ethyl adjacent to an activating group) is 1. The first-order valence-electron chi connectivity index (χ1n) is 6.24. The number of para-hydroxylation sites is 1. The highest BCUT2D eigenvalue weighted by Crippen LogP contribution is 2.16. The van der Waals surface area contributed by atoms with E-state index in [9.17, 15) is 0 Å². The van der Waals surface area contributed by atoms with Crippen molar-refractivity contribution in [3.05, 3.63) is 30.3 Å². The van der Waals surface area contributed by atoms with Crippen LogP contribution in [0.4, 0.5) is 0 Å². The van der Waals surface area contributed by atoms with E-state index in [0.717, 1.165) is 12.4 Å². The van der Waals surface area contributed by atoms with Crippen molar-refractivity contribution in [3.63, 3.8) is 0 Å². The van der Waals surface area contributed by atoms with Crippen LogP contribution in [0.2, 0.25) is 0 Å². The zero-order chi connectivity index (χ0) is 11.8. The van der Waals surface area contributed by atoms with Gasteiger partial charge in [-0.15, -0.1) is 0 Å². The number of benzene rings is 1. The lowest BCUT2D eigenvalue weighted by molar-refractivity contribution is 0.198. The molecule has 1 aromatic rings. The summed E-state index contributed by atoms with van der Waals surface area (Å²) in [7, 11) is 2.17. The van der Waals surface area contributed by atoms with E-state index in [1.807, 2.05) is 44.2 Å². The molecule has 0 saturated carbocycles. The highest BCUT2D eigenvalue weighted by Gasteiger charge is 2.20. The summed E-state index contributed by atoms with van der Waals surface area (Å²) in [6.07, 6.45) is 2.57. The Morgan fingerprint density at radius 2 is 1.94 bits per heavy atom. The van der Waals surface area contributed by atoms with Gasteiger partial charge in [-0.25, -0.2) is 0 Å². The molecule has 0 N–H and O–H groups in total. The van der Waals surface area contributed by atoms with Crippen LogP contribution in [0.25, 0.3) is 0 Å². The monoisotopic (exact) mass is 221 g/mol. The molecule has 0 aromatic heterocycles. The number of rotatable bonds is 3. The van der Waals surface area contributed by atoms with Crippen molar-refractivity contribution in [2.45, 2.75) is 32.7 Å². The molecule has 0 radical (unpaired) electrons. The second-order valence-electron chi connectivity index (χ2n) is 3.90. The molecule has 1 fully saturated rings. The van der Waals surface area contributed by atoms with Gasteiger partial charge in [0.05, 0.1) is 0 Å². The zero-order valence-electron chi connectivity index (χ0n) is 10.6. The molecule has 1 unspecified atom stereocenters. The van der Waals surface area contributed by atoms with E-state index in [-0.39, 0.29) is 0 Å². The molecule has 2 rings (SSSR count). The lowest BCUT2D eigenvalue weighted by atomic mass is 10.2. The molecule has 0 aliphatic carbocycles. The average Bonchev–Trinajstić information content (AvgIpc) is 2.76. The number of ether oxygens (including phenoxy) is 1. The van der Waals surface area contributed by atoms with Crippen molar-refractivity contribution in [1.29, 1.82) is 0 Å². The van der Waals surface area contributed by atoms with Crippen LogP contribution in [0, 0.1) is 0 Å². The predicted octanol–water partition coefficient (Wildman–Crippen LogP) is 3.19. The summed E-state index contributed by atoms with van der Waals surface area (Å²) in [5.41, 5.74) is 0. The summed E-state index contributed by atoms with van der Waals surface area (Å²) in [5.74, 6) is 0.979. The number of nitrogens with zero attached hydrogens (tertiary/aromatic N) is 1. The van der Waals surface area contributed by atoms with Crippen LogP contribution in [0.3, 0.4) is 0 Å². The molecular formula is C14H23NO. The van der Waals surface area contributed by atoms with E-state index in [4.69, 9.17) is 4.74 Å². The third-order valence-corrected chi connectivity index (χ3v) is 2.86. The summed E-state index contributed by atoms with van der Waals surface area (Å²) in [4.78, 5) is 2.38. The number of hydrogen-bond acceptors (Lipinski definition) is 2. The number of hydrogen-bond donors (Lipinski definition) is 0. The molecular weight excluding hydrogens is 198 g/mol. The fourth-order valence-corrected chi connectivity index (χ4v) is 1.90. The third kappa shape index (κ3) is 3.86. The largest absolute Gasteiger partial charge is 0.492 e. The standard InChI is InChI=1S/C12H17NO.C2H6/c1-13-9-5-6-11(13)10-14-12-7-3-2-4-8-12;1-2/h2-4,7-8,11H,5-6,9-10H2,1H3;1-2H3. The maximum Gasteiger partial charge on any atom is 0.119 e. The second-order valence-corrected chi connectivity index (χ2v) is 3.90. The van der Waals surface area contributed by atoms with Crippen LogP contribution >= 0.6 is 0 Å². The fraction of sp³-hybridized carbons (Fsp3) is 0.571. The minimum Gasteiger partial charge on any atom is -0.492 e. The van der Waals surface area contributed by atoms with Gasteiger partial charge in [0, 0.05) is 6.04 Å². The van der Waals surface area contributed by atoms with E-state index < -0.39 is 0 Å². The van der Waals surface area contributed by atoms with Crippen molar-refractivity contribution in [1.82, 2.24) is 4.90 Å². The van der Waals surface area contributed by atoms with Gasteiger partial charge < -0.3 is 9.64 Å². The Morgan fingerprint density at radius 3 is 2.50 bits per heavy atom. The molecule has 1 heterocycles. The van der Waals surface area contributed by atoms with E-state index in [0.29, 0.717) is 6.04 Å². The van der Waals surface area contributed by atoms with Crippen LogP contribution in [0.5, 0.6) is 5.75 Å². The molecule has 16 heavy (non-hydrogen) atoms. The Labute approximate surface area is 99.2 Å². The molecule has 0 spiro atoms. The highest BCUT2D eigenvalue weighted by molar-refractivity contribution is 5.20. The van der Waals surface area contributed by atoms with Crippen LogP contribution < -0.4 is 4.74 Å². The van der Waals surface area contributed by atoms with Gasteiger partial charge in [-0.3, -0.25) is 0 Å². The molecule has 2 heteroatoms. The summed E-state index contributed by atoms with van der Waals surface area (Å²) in [5, 5.41) is 0. The SMILES string of the molecule is CC.CN1CCCC1COc1ccccc1. The van der Waals surface area contributed by atoms with Crippen molar-refractivity contribution in [2.75, 3.05) is 20.2 Å². The van der Waals surface area contributed by atoms with Gasteiger partial charge in [-0.05, 0) is 38.6 Å². The van der Waals surface area contributed by atoms with E-state index in [1.165, 1.54) is 19.4 Å². The Kier molecular flexibility index (Phi) is 5.94. The lowest BCUT2D eigenvalue weighted by Crippen LogP contribution is -2.30. The summed E-state index contributed by atoms with van der Waals surface area (Å²) < 4.78 is 5.72. The van der Waals surface area contributed by atoms with Crippen molar-refractivity contribution < 1.29 is 4.74 Å². The van der Waals surface area contributed by atoms with Crippen LogP contribution in [0.1, 0.15) is 26.7 Å². The molecule has 1 saturated heterocycles. The smallest absolute Gasteiger partial charge is 0.119 e. The maximum atomic E-state index is 5.72. The van der Waals surface area contributed by atoms with Crippen LogP contribution in [0.15, 0.2) is 30.3 Å². The Morgan fingerprint density at radius 1 is 1.25 bits per heavy atom. The number of likely N-dealkylation sites (tertiary alicyclic amines) is 1. The van der Waals surface area contributed by atoms with Gasteiger partial charge in [0.15, 0.2) is 0 Å². The predicted molar refractivity (Wildman–Crippen MR) is 68.9 cm³/mol. The van der Waals surface area contributed by atoms with E-state index in [1.54, 1.807) is 0 Å². The highest BCUT2D eigenvalue weighted by atomic mass is 16.5. The molecule has 0 bridgehead atoms. The molecule has 1 atom stereocenters. The molecule has 1 aliphatic rings. The molecule has 2 nitrogen and oxygen atoms in total. The van der Waals surface area contributed by atoms with Crippen molar-refractivity contribution >= 4 is 0 Å². The molecule has 1 aromatic carbocycles. The average molecular weight is 221 g/mol. The summed E-state index contributed by atoms with van der Waals surface area (Å²) in [6.45, 7) is 6.03. The lowest BCUT2D eigenvalue weighted by Gasteiger charge is -2.19. The van der Waals surface area contributed by atoms with Crippen molar-refractivity contribution in [2.24, 2.45) is 0 Å². The quantitative estimate of drug-likeness (QED) is 0.777. The molecule has 90 valence electrons. The topological polar surface area (TPSA) is 12.5 Å². The maximum absolute atomic E-state index is 5.72. The van der Waals surface area contributed by atoms with Gasteiger partial charge in [-0.2, -0.15) is 0 Å². The van der Waals surface area contributed by atoms with Gasteiger partial charge in [-0.1, -0.05) is 32.0 Å². The van der Waals surface area contributed by atoms with Gasteiger partial charge >= 0.3 is 0 Å². The zero-order valence-corrected chi connectivity index (χ0v) is 10.6. The molecule has 0 amide bonds. The van der Waals surface area contributed by atoms with Gasteiger partial charge in [0.2, 0.25) is 0 Å². The first kappa shape index (κ1) is 13.0. The first-order valence-corrected chi connectivity index (χ1v) is 6.24. The summed E-state index contributed by atoms with van der Waals surface area (Å²) >= 11 is 0. The fourth-order valence-electron chi connectivity index (χ4n) is 1.90. The first-order chi connectivity index (χ1) is 7.86. The molecule has 1 aliphatic heterocycles. The third-order valence-electron chi connectivity index (χ3n) is 2.86. The minimum atomic E-state index is 0.607. The Hall–Kier alpha value is -1.02.